The van der Waals surface area contributed by atoms with Crippen molar-refractivity contribution in [3.63, 3.8) is 0 Å². The van der Waals surface area contributed by atoms with Gasteiger partial charge < -0.3 is 14.7 Å². The summed E-state index contributed by atoms with van der Waals surface area (Å²) in [5.74, 6) is 0.427. The van der Waals surface area contributed by atoms with Crippen molar-refractivity contribution in [3.05, 3.63) is 60.2 Å². The molecule has 0 spiro atoms. The van der Waals surface area contributed by atoms with Gasteiger partial charge in [-0.2, -0.15) is 0 Å². The van der Waals surface area contributed by atoms with Crippen LogP contribution in [-0.4, -0.2) is 42.8 Å². The van der Waals surface area contributed by atoms with Crippen molar-refractivity contribution in [1.82, 2.24) is 24.9 Å². The maximum atomic E-state index is 12.6. The van der Waals surface area contributed by atoms with Gasteiger partial charge in [-0.05, 0) is 49.9 Å². The number of para-hydroxylation sites is 1. The molecular weight excluding hydrogens is 410 g/mol. The molecule has 1 fully saturated rings. The summed E-state index contributed by atoms with van der Waals surface area (Å²) in [4.78, 5) is 43.6. The predicted molar refractivity (Wildman–Crippen MR) is 118 cm³/mol. The Kier molecular flexibility index (Phi) is 5.24. The molecule has 32 heavy (non-hydrogen) atoms. The normalized spacial score (nSPS) is 13.9. The summed E-state index contributed by atoms with van der Waals surface area (Å²) in [5.41, 5.74) is 1.63. The van der Waals surface area contributed by atoms with Gasteiger partial charge in [-0.15, -0.1) is 0 Å². The lowest BCUT2D eigenvalue weighted by atomic mass is 10.2. The van der Waals surface area contributed by atoms with Gasteiger partial charge in [0.25, 0.3) is 11.8 Å². The summed E-state index contributed by atoms with van der Waals surface area (Å²) in [7, 11) is 0. The zero-order valence-corrected chi connectivity index (χ0v) is 17.1. The second kappa shape index (κ2) is 8.50. The molecule has 1 aromatic carbocycles. The van der Waals surface area contributed by atoms with E-state index in [4.69, 9.17) is 4.74 Å². The number of imidazole rings is 2. The van der Waals surface area contributed by atoms with Crippen LogP contribution in [0.2, 0.25) is 0 Å². The number of H-pyrrole nitrogens is 2. The van der Waals surface area contributed by atoms with Gasteiger partial charge in [0.15, 0.2) is 0 Å². The number of nitrogens with zero attached hydrogens (tertiary/aromatic N) is 3. The van der Waals surface area contributed by atoms with E-state index in [1.807, 2.05) is 0 Å². The molecule has 0 bridgehead atoms. The second-order valence-electron chi connectivity index (χ2n) is 7.54. The number of carbonyl (C=O) groups is 2. The van der Waals surface area contributed by atoms with E-state index in [0.29, 0.717) is 28.3 Å². The summed E-state index contributed by atoms with van der Waals surface area (Å²) < 4.78 is 5.88. The first-order valence-electron chi connectivity index (χ1n) is 10.4. The lowest BCUT2D eigenvalue weighted by Gasteiger charge is -2.12. The number of anilines is 2. The van der Waals surface area contributed by atoms with E-state index in [-0.39, 0.29) is 23.7 Å². The van der Waals surface area contributed by atoms with Crippen molar-refractivity contribution in [2.24, 2.45) is 0 Å². The number of nitrogens with one attached hydrogen (secondary N) is 4. The molecule has 5 rings (SSSR count). The molecule has 162 valence electrons. The maximum Gasteiger partial charge on any atom is 0.276 e. The van der Waals surface area contributed by atoms with Crippen molar-refractivity contribution < 1.29 is 14.3 Å². The van der Waals surface area contributed by atoms with Gasteiger partial charge in [-0.1, -0.05) is 6.07 Å². The largest absolute Gasteiger partial charge is 0.489 e. The molecule has 0 unspecified atom stereocenters. The minimum Gasteiger partial charge on any atom is -0.489 e. The van der Waals surface area contributed by atoms with Crippen LogP contribution in [0, 0.1) is 0 Å². The quantitative estimate of drug-likeness (QED) is 0.369. The standard InChI is InChI=1S/C22H21N7O3/c30-19(28-21-23-10-11-24-21)15-6-3-7-16-18(15)27-22(26-16)29-20(31)17-9-8-14(12-25-17)32-13-4-1-2-5-13/h3,6-13H,1-2,4-5H2,(H2,23,24,28,30)(H2,26,27,29,31). The fourth-order valence-corrected chi connectivity index (χ4v) is 3.74. The Bertz CT molecular complexity index is 1240. The Morgan fingerprint density at radius 1 is 1.00 bits per heavy atom. The number of hydrogen-bond donors (Lipinski definition) is 4. The molecule has 3 aromatic heterocycles. The average molecular weight is 431 g/mol. The second-order valence-corrected chi connectivity index (χ2v) is 7.54. The van der Waals surface area contributed by atoms with Crippen molar-refractivity contribution in [1.29, 1.82) is 0 Å². The highest BCUT2D eigenvalue weighted by molar-refractivity contribution is 6.11. The van der Waals surface area contributed by atoms with Crippen LogP contribution in [0.4, 0.5) is 11.9 Å². The van der Waals surface area contributed by atoms with E-state index >= 15 is 0 Å². The van der Waals surface area contributed by atoms with E-state index in [0.717, 1.165) is 12.8 Å². The van der Waals surface area contributed by atoms with E-state index in [1.165, 1.54) is 12.8 Å². The van der Waals surface area contributed by atoms with Gasteiger partial charge in [-0.3, -0.25) is 20.2 Å². The average Bonchev–Trinajstić information content (AvgIpc) is 3.56. The summed E-state index contributed by atoms with van der Waals surface area (Å²) in [6.45, 7) is 0. The molecule has 10 heteroatoms. The molecule has 0 saturated heterocycles. The topological polar surface area (TPSA) is 138 Å². The van der Waals surface area contributed by atoms with E-state index in [9.17, 15) is 9.59 Å². The first kappa shape index (κ1) is 19.7. The van der Waals surface area contributed by atoms with Gasteiger partial charge >= 0.3 is 0 Å². The first-order valence-corrected chi connectivity index (χ1v) is 10.4. The highest BCUT2D eigenvalue weighted by atomic mass is 16.5. The summed E-state index contributed by atoms with van der Waals surface area (Å²) >= 11 is 0. The molecule has 1 aliphatic carbocycles. The molecule has 1 aliphatic rings. The molecule has 10 nitrogen and oxygen atoms in total. The van der Waals surface area contributed by atoms with E-state index in [2.05, 4.69) is 35.6 Å². The van der Waals surface area contributed by atoms with Gasteiger partial charge in [-0.25, -0.2) is 15.0 Å². The molecule has 0 aliphatic heterocycles. The number of benzene rings is 1. The highest BCUT2D eigenvalue weighted by Crippen LogP contribution is 2.24. The number of carbonyl (C=O) groups excluding carboxylic acids is 2. The van der Waals surface area contributed by atoms with Crippen LogP contribution >= 0.6 is 0 Å². The van der Waals surface area contributed by atoms with Crippen LogP contribution in [0.15, 0.2) is 48.9 Å². The SMILES string of the molecule is O=C(Nc1nc2c(C(=O)Nc3ncc[nH]3)cccc2[nH]1)c1ccc(OC2CCCC2)cn1. The van der Waals surface area contributed by atoms with Gasteiger partial charge in [0.05, 0.1) is 23.4 Å². The summed E-state index contributed by atoms with van der Waals surface area (Å²) in [5, 5.41) is 5.36. The van der Waals surface area contributed by atoms with Crippen LogP contribution in [0.1, 0.15) is 46.5 Å². The lowest BCUT2D eigenvalue weighted by molar-refractivity contribution is 0.101. The van der Waals surface area contributed by atoms with Crippen LogP contribution in [0.25, 0.3) is 11.0 Å². The first-order chi connectivity index (χ1) is 15.7. The van der Waals surface area contributed by atoms with Gasteiger partial charge in [0.2, 0.25) is 11.9 Å². The monoisotopic (exact) mass is 431 g/mol. The number of rotatable bonds is 6. The molecule has 0 atom stereocenters. The third-order valence-electron chi connectivity index (χ3n) is 5.29. The Morgan fingerprint density at radius 2 is 1.84 bits per heavy atom. The molecule has 0 radical (unpaired) electrons. The molecule has 4 aromatic rings. The minimum absolute atomic E-state index is 0.219. The van der Waals surface area contributed by atoms with Crippen molar-refractivity contribution in [2.75, 3.05) is 10.6 Å². The van der Waals surface area contributed by atoms with E-state index < -0.39 is 5.91 Å². The third kappa shape index (κ3) is 4.15. The Hall–Kier alpha value is -4.21. The number of ether oxygens (including phenoxy) is 1. The fourth-order valence-electron chi connectivity index (χ4n) is 3.74. The number of fused-ring (bicyclic) bond motifs is 1. The van der Waals surface area contributed by atoms with Gasteiger partial charge in [0, 0.05) is 12.4 Å². The number of pyridine rings is 1. The minimum atomic E-state index is -0.418. The highest BCUT2D eigenvalue weighted by Gasteiger charge is 2.18. The van der Waals surface area contributed by atoms with Gasteiger partial charge in [0.1, 0.15) is 17.0 Å². The number of amides is 2. The summed E-state index contributed by atoms with van der Waals surface area (Å²) in [6.07, 6.45) is 9.41. The predicted octanol–water partition coefficient (Wildman–Crippen LogP) is 3.51. The lowest BCUT2D eigenvalue weighted by Crippen LogP contribution is -2.15. The zero-order valence-electron chi connectivity index (χ0n) is 17.1. The van der Waals surface area contributed by atoms with Crippen LogP contribution in [0.3, 0.4) is 0 Å². The molecule has 3 heterocycles. The fraction of sp³-hybridized carbons (Fsp3) is 0.227. The Morgan fingerprint density at radius 3 is 2.59 bits per heavy atom. The third-order valence-corrected chi connectivity index (χ3v) is 5.29. The number of aromatic amines is 2. The van der Waals surface area contributed by atoms with Crippen molar-refractivity contribution >= 4 is 34.7 Å². The summed E-state index contributed by atoms with van der Waals surface area (Å²) in [6, 6.07) is 8.51. The maximum absolute atomic E-state index is 12.6. The Labute approximate surface area is 182 Å². The van der Waals surface area contributed by atoms with Crippen molar-refractivity contribution in [3.8, 4) is 5.75 Å². The smallest absolute Gasteiger partial charge is 0.276 e. The van der Waals surface area contributed by atoms with E-state index in [1.54, 1.807) is 48.9 Å². The number of hydrogen-bond acceptors (Lipinski definition) is 6. The number of aromatic nitrogens is 5. The molecular formula is C22H21N7O3. The van der Waals surface area contributed by atoms with Crippen LogP contribution < -0.4 is 15.4 Å². The molecule has 2 amide bonds. The van der Waals surface area contributed by atoms with Crippen LogP contribution in [0.5, 0.6) is 5.75 Å². The van der Waals surface area contributed by atoms with Crippen LogP contribution in [-0.2, 0) is 0 Å². The zero-order chi connectivity index (χ0) is 21.9. The Balaban J connectivity index is 1.29. The van der Waals surface area contributed by atoms with Crippen molar-refractivity contribution in [2.45, 2.75) is 31.8 Å². The molecule has 1 saturated carbocycles. The molecule has 4 N–H and O–H groups in total.